The molecule has 1 spiro atoms. The fourth-order valence-corrected chi connectivity index (χ4v) is 7.22. The third-order valence-corrected chi connectivity index (χ3v) is 9.64. The molecular formula is C34H35ClN4O2. The Morgan fingerprint density at radius 3 is 2.61 bits per heavy atom. The first kappa shape index (κ1) is 27.5. The quantitative estimate of drug-likeness (QED) is 0.407. The van der Waals surface area contributed by atoms with Gasteiger partial charge in [0.05, 0.1) is 28.3 Å². The van der Waals surface area contributed by atoms with Crippen molar-refractivity contribution in [1.82, 2.24) is 15.1 Å². The van der Waals surface area contributed by atoms with Crippen molar-refractivity contribution in [2.75, 3.05) is 26.2 Å². The van der Waals surface area contributed by atoms with Crippen LogP contribution in [0.15, 0.2) is 60.7 Å². The molecule has 1 atom stereocenters. The number of likely N-dealkylation sites (tertiary alicyclic amines) is 2. The second-order valence-corrected chi connectivity index (χ2v) is 12.4. The molecule has 41 heavy (non-hydrogen) atoms. The lowest BCUT2D eigenvalue weighted by Crippen LogP contribution is -2.42. The Bertz CT molecular complexity index is 1520. The number of nitrogens with zero attached hydrogens (tertiary/aromatic N) is 3. The summed E-state index contributed by atoms with van der Waals surface area (Å²) in [6.07, 6.45) is 4.88. The molecule has 2 heterocycles. The molecule has 2 fully saturated rings. The smallest absolute Gasteiger partial charge is 0.253 e. The number of rotatable bonds is 5. The highest BCUT2D eigenvalue weighted by Gasteiger charge is 2.42. The van der Waals surface area contributed by atoms with Crippen LogP contribution in [0.4, 0.5) is 0 Å². The molecular weight excluding hydrogens is 532 g/mol. The Hall–Kier alpha value is -3.66. The van der Waals surface area contributed by atoms with E-state index in [1.165, 1.54) is 11.1 Å². The van der Waals surface area contributed by atoms with Crippen LogP contribution in [0.25, 0.3) is 0 Å². The Morgan fingerprint density at radius 1 is 1.05 bits per heavy atom. The van der Waals surface area contributed by atoms with E-state index in [1.54, 1.807) is 6.07 Å². The summed E-state index contributed by atoms with van der Waals surface area (Å²) in [6.45, 7) is 6.34. The lowest BCUT2D eigenvalue weighted by molar-refractivity contribution is 0.0713. The average Bonchev–Trinajstić information content (AvgIpc) is 3.58. The van der Waals surface area contributed by atoms with Gasteiger partial charge in [0.25, 0.3) is 11.8 Å². The maximum Gasteiger partial charge on any atom is 0.253 e. The van der Waals surface area contributed by atoms with Crippen LogP contribution in [-0.4, -0.2) is 47.8 Å². The van der Waals surface area contributed by atoms with Gasteiger partial charge >= 0.3 is 0 Å². The summed E-state index contributed by atoms with van der Waals surface area (Å²) in [5, 5.41) is 12.8. The second kappa shape index (κ2) is 11.3. The lowest BCUT2D eigenvalue weighted by atomic mass is 9.77. The molecule has 6 rings (SSSR count). The zero-order valence-electron chi connectivity index (χ0n) is 23.5. The number of nitrogens with one attached hydrogen (secondary N) is 1. The van der Waals surface area contributed by atoms with Gasteiger partial charge in [-0.2, -0.15) is 5.26 Å². The monoisotopic (exact) mass is 566 g/mol. The Balaban J connectivity index is 1.09. The molecule has 2 amide bonds. The van der Waals surface area contributed by atoms with E-state index >= 15 is 0 Å². The number of carbonyl (C=O) groups excluding carboxylic acids is 2. The van der Waals surface area contributed by atoms with Crippen LogP contribution < -0.4 is 5.32 Å². The molecule has 3 aliphatic rings. The minimum Gasteiger partial charge on any atom is -0.345 e. The number of piperidine rings is 1. The van der Waals surface area contributed by atoms with Crippen molar-refractivity contribution in [2.45, 2.75) is 51.6 Å². The number of hydrogen-bond acceptors (Lipinski definition) is 4. The molecule has 1 aliphatic carbocycles. The van der Waals surface area contributed by atoms with Crippen molar-refractivity contribution in [2.24, 2.45) is 5.41 Å². The van der Waals surface area contributed by atoms with Crippen molar-refractivity contribution in [1.29, 1.82) is 5.26 Å². The number of benzene rings is 3. The van der Waals surface area contributed by atoms with E-state index in [9.17, 15) is 14.9 Å². The lowest BCUT2D eigenvalue weighted by Gasteiger charge is -2.39. The number of fused-ring (bicyclic) bond motifs is 1. The fourth-order valence-electron chi connectivity index (χ4n) is 6.92. The van der Waals surface area contributed by atoms with Gasteiger partial charge in [-0.25, -0.2) is 0 Å². The van der Waals surface area contributed by atoms with Gasteiger partial charge < -0.3 is 10.2 Å². The normalized spacial score (nSPS) is 19.6. The van der Waals surface area contributed by atoms with Crippen molar-refractivity contribution in [3.8, 4) is 6.07 Å². The average molecular weight is 567 g/mol. The molecule has 3 aromatic carbocycles. The number of carbonyl (C=O) groups is 2. The molecule has 210 valence electrons. The van der Waals surface area contributed by atoms with Gasteiger partial charge in [-0.3, -0.25) is 14.5 Å². The first-order chi connectivity index (χ1) is 19.8. The molecule has 1 N–H and O–H groups in total. The van der Waals surface area contributed by atoms with E-state index in [1.807, 2.05) is 54.3 Å². The SMILES string of the molecule is Cc1cccc(Cl)c1C(=O)NC1CCc2ccc(C(=O)N3CCC4(CCN(Cc5cccc(C#N)c5)CC4)C3)cc21. The van der Waals surface area contributed by atoms with E-state index in [0.717, 1.165) is 76.0 Å². The molecule has 0 saturated carbocycles. The summed E-state index contributed by atoms with van der Waals surface area (Å²) in [6, 6.07) is 21.4. The molecule has 2 saturated heterocycles. The van der Waals surface area contributed by atoms with E-state index in [2.05, 4.69) is 28.4 Å². The van der Waals surface area contributed by atoms with E-state index < -0.39 is 0 Å². The number of hydrogen-bond donors (Lipinski definition) is 1. The van der Waals surface area contributed by atoms with Crippen LogP contribution in [0, 0.1) is 23.7 Å². The summed E-state index contributed by atoms with van der Waals surface area (Å²) in [5.74, 6) is -0.0902. The van der Waals surface area contributed by atoms with Crippen LogP contribution in [0.2, 0.25) is 5.02 Å². The predicted molar refractivity (Wildman–Crippen MR) is 160 cm³/mol. The highest BCUT2D eigenvalue weighted by Crippen LogP contribution is 2.41. The van der Waals surface area contributed by atoms with Crippen molar-refractivity contribution in [3.05, 3.63) is 105 Å². The van der Waals surface area contributed by atoms with Crippen LogP contribution in [0.5, 0.6) is 0 Å². The van der Waals surface area contributed by atoms with Gasteiger partial charge in [-0.15, -0.1) is 0 Å². The minimum atomic E-state index is -0.173. The van der Waals surface area contributed by atoms with Gasteiger partial charge in [-0.1, -0.05) is 41.9 Å². The molecule has 6 nitrogen and oxygen atoms in total. The van der Waals surface area contributed by atoms with E-state index in [4.69, 9.17) is 11.6 Å². The van der Waals surface area contributed by atoms with Gasteiger partial charge in [-0.05, 0) is 110 Å². The highest BCUT2D eigenvalue weighted by molar-refractivity contribution is 6.34. The van der Waals surface area contributed by atoms with Crippen LogP contribution >= 0.6 is 11.6 Å². The standard InChI is InChI=1S/C34H35ClN4O2/c1-23-4-2-7-29(35)31(23)32(40)37-30-11-10-26-8-9-27(19-28(26)30)33(41)39-17-14-34(22-39)12-15-38(16-13-34)21-25-6-3-5-24(18-25)20-36/h2-9,18-19,30H,10-17,21-22H2,1H3,(H,37,40). The van der Waals surface area contributed by atoms with E-state index in [-0.39, 0.29) is 23.3 Å². The molecule has 0 radical (unpaired) electrons. The third kappa shape index (κ3) is 5.62. The third-order valence-electron chi connectivity index (χ3n) is 9.33. The number of nitriles is 1. The molecule has 0 aromatic heterocycles. The fraction of sp³-hybridized carbons (Fsp3) is 0.382. The van der Waals surface area contributed by atoms with Gasteiger partial charge in [0.2, 0.25) is 0 Å². The molecule has 3 aromatic rings. The number of aryl methyl sites for hydroxylation is 2. The van der Waals surface area contributed by atoms with Gasteiger partial charge in [0.15, 0.2) is 0 Å². The van der Waals surface area contributed by atoms with Crippen molar-refractivity contribution < 1.29 is 9.59 Å². The van der Waals surface area contributed by atoms with Gasteiger partial charge in [0, 0.05) is 25.2 Å². The van der Waals surface area contributed by atoms with Crippen LogP contribution in [0.3, 0.4) is 0 Å². The van der Waals surface area contributed by atoms with Crippen LogP contribution in [0.1, 0.15) is 80.3 Å². The first-order valence-corrected chi connectivity index (χ1v) is 14.9. The summed E-state index contributed by atoms with van der Waals surface area (Å²) in [5.41, 5.74) is 6.35. The number of amides is 2. The Labute approximate surface area is 246 Å². The summed E-state index contributed by atoms with van der Waals surface area (Å²) >= 11 is 6.34. The van der Waals surface area contributed by atoms with Gasteiger partial charge in [0.1, 0.15) is 0 Å². The molecule has 1 unspecified atom stereocenters. The first-order valence-electron chi connectivity index (χ1n) is 14.5. The topological polar surface area (TPSA) is 76.4 Å². The number of halogens is 1. The molecule has 7 heteroatoms. The minimum absolute atomic E-state index is 0.0827. The van der Waals surface area contributed by atoms with Crippen molar-refractivity contribution >= 4 is 23.4 Å². The van der Waals surface area contributed by atoms with E-state index in [0.29, 0.717) is 21.7 Å². The Kier molecular flexibility index (Phi) is 7.59. The maximum absolute atomic E-state index is 13.7. The second-order valence-electron chi connectivity index (χ2n) is 12.0. The van der Waals surface area contributed by atoms with Crippen molar-refractivity contribution in [3.63, 3.8) is 0 Å². The zero-order chi connectivity index (χ0) is 28.6. The zero-order valence-corrected chi connectivity index (χ0v) is 24.2. The molecule has 2 aliphatic heterocycles. The highest BCUT2D eigenvalue weighted by atomic mass is 35.5. The maximum atomic E-state index is 13.7. The van der Waals surface area contributed by atoms with Crippen LogP contribution in [-0.2, 0) is 13.0 Å². The largest absolute Gasteiger partial charge is 0.345 e. The Morgan fingerprint density at radius 2 is 1.83 bits per heavy atom. The summed E-state index contributed by atoms with van der Waals surface area (Å²) in [7, 11) is 0. The predicted octanol–water partition coefficient (Wildman–Crippen LogP) is 6.07. The summed E-state index contributed by atoms with van der Waals surface area (Å²) < 4.78 is 0. The summed E-state index contributed by atoms with van der Waals surface area (Å²) in [4.78, 5) is 31.3. The molecule has 0 bridgehead atoms.